The normalized spacial score (nSPS) is 12.2. The highest BCUT2D eigenvalue weighted by atomic mass is 79.9. The van der Waals surface area contributed by atoms with Crippen molar-refractivity contribution in [3.05, 3.63) is 64.2 Å². The Kier molecular flexibility index (Phi) is 5.00. The van der Waals surface area contributed by atoms with Crippen molar-refractivity contribution in [2.24, 2.45) is 0 Å². The summed E-state index contributed by atoms with van der Waals surface area (Å²) in [6.45, 7) is 0. The molecule has 1 unspecified atom stereocenters. The van der Waals surface area contributed by atoms with E-state index >= 15 is 0 Å². The summed E-state index contributed by atoms with van der Waals surface area (Å²) >= 11 is 9.38. The molecule has 1 nitrogen and oxygen atoms in total. The average Bonchev–Trinajstić information content (AvgIpc) is 2.42. The molecule has 0 aliphatic carbocycles. The molecule has 5 heteroatoms. The maximum atomic E-state index is 14.0. The average molecular weight is 362 g/mol. The fourth-order valence-corrected chi connectivity index (χ4v) is 3.02. The molecule has 0 radical (unpaired) electrons. The molecule has 2 aromatic rings. The third-order valence-corrected chi connectivity index (χ3v) is 4.13. The van der Waals surface area contributed by atoms with E-state index in [9.17, 15) is 8.78 Å². The lowest BCUT2D eigenvalue weighted by Gasteiger charge is -2.16. The van der Waals surface area contributed by atoms with Crippen molar-refractivity contribution >= 4 is 27.5 Å². The predicted octanol–water partition coefficient (Wildman–Crippen LogP) is 5.31. The molecule has 0 amide bonds. The zero-order valence-electron chi connectivity index (χ0n) is 10.7. The van der Waals surface area contributed by atoms with Crippen LogP contribution in [0.25, 0.3) is 0 Å². The number of alkyl halides is 1. The molecular weight excluding hydrogens is 350 g/mol. The summed E-state index contributed by atoms with van der Waals surface area (Å²) < 4.78 is 32.9. The number of methoxy groups -OCH3 is 1. The van der Waals surface area contributed by atoms with Gasteiger partial charge in [0.1, 0.15) is 17.4 Å². The van der Waals surface area contributed by atoms with Crippen molar-refractivity contribution < 1.29 is 13.5 Å². The van der Waals surface area contributed by atoms with Crippen LogP contribution in [0.3, 0.4) is 0 Å². The second kappa shape index (κ2) is 6.55. The van der Waals surface area contributed by atoms with E-state index in [0.717, 1.165) is 0 Å². The van der Waals surface area contributed by atoms with Crippen LogP contribution in [-0.4, -0.2) is 7.11 Å². The lowest BCUT2D eigenvalue weighted by Crippen LogP contribution is -2.04. The first-order chi connectivity index (χ1) is 9.54. The Morgan fingerprint density at radius 2 is 1.80 bits per heavy atom. The Hall–Kier alpha value is -1.13. The number of rotatable bonds is 4. The van der Waals surface area contributed by atoms with Gasteiger partial charge >= 0.3 is 0 Å². The minimum Gasteiger partial charge on any atom is -0.496 e. The molecule has 0 N–H and O–H groups in total. The van der Waals surface area contributed by atoms with E-state index in [1.54, 1.807) is 18.2 Å². The van der Waals surface area contributed by atoms with Crippen LogP contribution >= 0.6 is 27.5 Å². The molecule has 106 valence electrons. The lowest BCUT2D eigenvalue weighted by atomic mass is 10.0. The summed E-state index contributed by atoms with van der Waals surface area (Å²) in [5.41, 5.74) is 0.704. The smallest absolute Gasteiger partial charge is 0.131 e. The zero-order chi connectivity index (χ0) is 14.7. The number of benzene rings is 2. The van der Waals surface area contributed by atoms with Gasteiger partial charge in [0.2, 0.25) is 0 Å². The van der Waals surface area contributed by atoms with Crippen LogP contribution in [0.5, 0.6) is 5.75 Å². The van der Waals surface area contributed by atoms with Gasteiger partial charge in [-0.05, 0) is 30.7 Å². The first-order valence-electron chi connectivity index (χ1n) is 5.94. The van der Waals surface area contributed by atoms with Crippen LogP contribution in [0.15, 0.2) is 36.4 Å². The quantitative estimate of drug-likeness (QED) is 0.671. The van der Waals surface area contributed by atoms with Gasteiger partial charge in [-0.3, -0.25) is 0 Å². The van der Waals surface area contributed by atoms with E-state index < -0.39 is 16.5 Å². The SMILES string of the molecule is COc1cccc(F)c1C(Br)Cc1c(F)cccc1Cl. The molecule has 0 aliphatic rings. The number of hydrogen-bond acceptors (Lipinski definition) is 1. The maximum Gasteiger partial charge on any atom is 0.131 e. The van der Waals surface area contributed by atoms with Crippen molar-refractivity contribution in [1.82, 2.24) is 0 Å². The first kappa shape index (κ1) is 15.3. The van der Waals surface area contributed by atoms with Gasteiger partial charge in [-0.1, -0.05) is 39.7 Å². The Morgan fingerprint density at radius 1 is 1.15 bits per heavy atom. The topological polar surface area (TPSA) is 9.23 Å². The van der Waals surface area contributed by atoms with Gasteiger partial charge in [0.05, 0.1) is 11.9 Å². The Labute approximate surface area is 129 Å². The van der Waals surface area contributed by atoms with Crippen molar-refractivity contribution in [1.29, 1.82) is 0 Å². The molecule has 0 bridgehead atoms. The highest BCUT2D eigenvalue weighted by Crippen LogP contribution is 2.37. The van der Waals surface area contributed by atoms with Crippen molar-refractivity contribution in [3.8, 4) is 5.75 Å². The Balaban J connectivity index is 2.36. The van der Waals surface area contributed by atoms with Gasteiger partial charge in [0.25, 0.3) is 0 Å². The van der Waals surface area contributed by atoms with Gasteiger partial charge in [0, 0.05) is 16.1 Å². The van der Waals surface area contributed by atoms with E-state index in [1.807, 2.05) is 0 Å². The van der Waals surface area contributed by atoms with Crippen LogP contribution in [0, 0.1) is 11.6 Å². The second-order valence-corrected chi connectivity index (χ2v) is 5.74. The van der Waals surface area contributed by atoms with E-state index in [1.165, 1.54) is 25.3 Å². The zero-order valence-corrected chi connectivity index (χ0v) is 13.0. The number of hydrogen-bond donors (Lipinski definition) is 0. The van der Waals surface area contributed by atoms with Gasteiger partial charge in [-0.2, -0.15) is 0 Å². The molecule has 0 heterocycles. The van der Waals surface area contributed by atoms with E-state index in [0.29, 0.717) is 21.9 Å². The van der Waals surface area contributed by atoms with Gasteiger partial charge in [-0.15, -0.1) is 0 Å². The van der Waals surface area contributed by atoms with Crippen molar-refractivity contribution in [2.45, 2.75) is 11.2 Å². The predicted molar refractivity (Wildman–Crippen MR) is 79.7 cm³/mol. The highest BCUT2D eigenvalue weighted by molar-refractivity contribution is 9.09. The van der Waals surface area contributed by atoms with Gasteiger partial charge in [-0.25, -0.2) is 8.78 Å². The van der Waals surface area contributed by atoms with Crippen LogP contribution in [0.4, 0.5) is 8.78 Å². The van der Waals surface area contributed by atoms with Gasteiger partial charge < -0.3 is 4.74 Å². The second-order valence-electron chi connectivity index (χ2n) is 4.23. The molecular formula is C15H12BrClF2O. The van der Waals surface area contributed by atoms with Gasteiger partial charge in [0.15, 0.2) is 0 Å². The summed E-state index contributed by atoms with van der Waals surface area (Å²) in [5.74, 6) is -0.393. The molecule has 20 heavy (non-hydrogen) atoms. The molecule has 1 atom stereocenters. The van der Waals surface area contributed by atoms with Crippen LogP contribution in [0.2, 0.25) is 5.02 Å². The fourth-order valence-electron chi connectivity index (χ4n) is 2.01. The molecule has 0 aliphatic heterocycles. The molecule has 0 aromatic heterocycles. The third kappa shape index (κ3) is 3.13. The van der Waals surface area contributed by atoms with E-state index in [2.05, 4.69) is 15.9 Å². The molecule has 0 saturated heterocycles. The van der Waals surface area contributed by atoms with Crippen LogP contribution in [0.1, 0.15) is 16.0 Å². The lowest BCUT2D eigenvalue weighted by molar-refractivity contribution is 0.404. The number of ether oxygens (including phenoxy) is 1. The fraction of sp³-hybridized carbons (Fsp3) is 0.200. The monoisotopic (exact) mass is 360 g/mol. The van der Waals surface area contributed by atoms with Crippen molar-refractivity contribution in [3.63, 3.8) is 0 Å². The molecule has 2 aromatic carbocycles. The highest BCUT2D eigenvalue weighted by Gasteiger charge is 2.20. The molecule has 0 fully saturated rings. The van der Waals surface area contributed by atoms with E-state index in [-0.39, 0.29) is 6.42 Å². The molecule has 2 rings (SSSR count). The summed E-state index contributed by atoms with van der Waals surface area (Å²) in [4.78, 5) is -0.437. The minimum atomic E-state index is -0.437. The Bertz CT molecular complexity index is 599. The van der Waals surface area contributed by atoms with Crippen molar-refractivity contribution in [2.75, 3.05) is 7.11 Å². The Morgan fingerprint density at radius 3 is 2.45 bits per heavy atom. The summed E-state index contributed by atoms with van der Waals surface area (Å²) in [6.07, 6.45) is 0.225. The summed E-state index contributed by atoms with van der Waals surface area (Å²) in [7, 11) is 1.47. The third-order valence-electron chi connectivity index (χ3n) is 2.99. The molecule has 0 spiro atoms. The summed E-state index contributed by atoms with van der Waals surface area (Å²) in [6, 6.07) is 9.05. The molecule has 0 saturated carbocycles. The largest absolute Gasteiger partial charge is 0.496 e. The van der Waals surface area contributed by atoms with Crippen LogP contribution in [-0.2, 0) is 6.42 Å². The minimum absolute atomic E-state index is 0.225. The van der Waals surface area contributed by atoms with Crippen LogP contribution < -0.4 is 4.74 Å². The first-order valence-corrected chi connectivity index (χ1v) is 7.23. The standard InChI is InChI=1S/C15H12BrClF2O/c1-20-14-7-3-6-13(19)15(14)10(16)8-9-11(17)4-2-5-12(9)18/h2-7,10H,8H2,1H3. The van der Waals surface area contributed by atoms with E-state index in [4.69, 9.17) is 16.3 Å². The summed E-state index contributed by atoms with van der Waals surface area (Å²) in [5, 5.41) is 0.324. The maximum absolute atomic E-state index is 14.0. The number of halogens is 4.